The van der Waals surface area contributed by atoms with Crippen molar-refractivity contribution in [3.8, 4) is 0 Å². The molecule has 5 heteroatoms. The molecule has 5 nitrogen and oxygen atoms in total. The summed E-state index contributed by atoms with van der Waals surface area (Å²) >= 11 is 0. The Morgan fingerprint density at radius 1 is 1.04 bits per heavy atom. The highest BCUT2D eigenvalue weighted by atomic mass is 16.2. The van der Waals surface area contributed by atoms with Crippen LogP contribution in [-0.4, -0.2) is 16.8 Å². The van der Waals surface area contributed by atoms with E-state index in [1.54, 1.807) is 30.5 Å². The number of aromatic nitrogens is 1. The van der Waals surface area contributed by atoms with Gasteiger partial charge in [0.2, 0.25) is 5.91 Å². The Kier molecular flexibility index (Phi) is 4.52. The van der Waals surface area contributed by atoms with Crippen LogP contribution < -0.4 is 10.6 Å². The molecule has 0 saturated carbocycles. The molecular formula is C19H17N3O2. The second-order valence-electron chi connectivity index (χ2n) is 5.48. The van der Waals surface area contributed by atoms with Crippen molar-refractivity contribution in [1.82, 2.24) is 10.3 Å². The van der Waals surface area contributed by atoms with E-state index in [2.05, 4.69) is 15.6 Å². The van der Waals surface area contributed by atoms with Crippen LogP contribution in [-0.2, 0) is 11.3 Å². The number of anilines is 1. The molecule has 2 aromatic carbocycles. The molecule has 0 aliphatic rings. The first kappa shape index (κ1) is 15.7. The standard InChI is InChI=1S/C19H17N3O2/c1-13(23)22-17-8-6-15(7-9-17)19(24)21-12-14-10-16-4-2-3-5-18(16)20-11-14/h2-11H,12H2,1H3,(H,21,24)(H,22,23). The summed E-state index contributed by atoms with van der Waals surface area (Å²) in [6.45, 7) is 1.85. The summed E-state index contributed by atoms with van der Waals surface area (Å²) in [6, 6.07) is 16.6. The molecule has 0 fully saturated rings. The second-order valence-corrected chi connectivity index (χ2v) is 5.48. The minimum absolute atomic E-state index is 0.143. The normalized spacial score (nSPS) is 10.4. The van der Waals surface area contributed by atoms with Gasteiger partial charge < -0.3 is 10.6 Å². The summed E-state index contributed by atoms with van der Waals surface area (Å²) in [5.74, 6) is -0.312. The van der Waals surface area contributed by atoms with Crippen LogP contribution in [0.2, 0.25) is 0 Å². The average Bonchev–Trinajstić information content (AvgIpc) is 2.59. The van der Waals surface area contributed by atoms with Gasteiger partial charge in [-0.1, -0.05) is 18.2 Å². The predicted octanol–water partition coefficient (Wildman–Crippen LogP) is 3.12. The van der Waals surface area contributed by atoms with E-state index in [1.165, 1.54) is 6.92 Å². The SMILES string of the molecule is CC(=O)Nc1ccc(C(=O)NCc2cnc3ccccc3c2)cc1. The van der Waals surface area contributed by atoms with Gasteiger partial charge in [0.1, 0.15) is 0 Å². The van der Waals surface area contributed by atoms with Gasteiger partial charge in [0.15, 0.2) is 0 Å². The van der Waals surface area contributed by atoms with E-state index in [-0.39, 0.29) is 11.8 Å². The molecule has 0 unspecified atom stereocenters. The number of amides is 2. The predicted molar refractivity (Wildman–Crippen MR) is 93.7 cm³/mol. The second kappa shape index (κ2) is 6.91. The number of carbonyl (C=O) groups is 2. The summed E-state index contributed by atoms with van der Waals surface area (Å²) in [6.07, 6.45) is 1.77. The Balaban J connectivity index is 1.64. The first-order valence-corrected chi connectivity index (χ1v) is 7.61. The zero-order chi connectivity index (χ0) is 16.9. The number of hydrogen-bond donors (Lipinski definition) is 2. The molecule has 3 rings (SSSR count). The van der Waals surface area contributed by atoms with Crippen LogP contribution in [0.3, 0.4) is 0 Å². The van der Waals surface area contributed by atoms with E-state index in [4.69, 9.17) is 0 Å². The number of fused-ring (bicyclic) bond motifs is 1. The quantitative estimate of drug-likeness (QED) is 0.776. The van der Waals surface area contributed by atoms with Gasteiger partial charge in [0, 0.05) is 36.3 Å². The van der Waals surface area contributed by atoms with Crippen molar-refractivity contribution in [3.63, 3.8) is 0 Å². The maximum atomic E-state index is 12.2. The van der Waals surface area contributed by atoms with Crippen molar-refractivity contribution in [3.05, 3.63) is 71.9 Å². The van der Waals surface area contributed by atoms with E-state index in [9.17, 15) is 9.59 Å². The van der Waals surface area contributed by atoms with Crippen molar-refractivity contribution in [2.75, 3.05) is 5.32 Å². The van der Waals surface area contributed by atoms with Crippen LogP contribution in [0.1, 0.15) is 22.8 Å². The van der Waals surface area contributed by atoms with Crippen LogP contribution in [0.4, 0.5) is 5.69 Å². The van der Waals surface area contributed by atoms with Crippen molar-refractivity contribution >= 4 is 28.4 Å². The van der Waals surface area contributed by atoms with Gasteiger partial charge in [-0.2, -0.15) is 0 Å². The van der Waals surface area contributed by atoms with Gasteiger partial charge in [0.25, 0.3) is 5.91 Å². The molecule has 1 heterocycles. The molecule has 3 aromatic rings. The largest absolute Gasteiger partial charge is 0.348 e. The highest BCUT2D eigenvalue weighted by Crippen LogP contribution is 2.13. The summed E-state index contributed by atoms with van der Waals surface area (Å²) in [4.78, 5) is 27.6. The fourth-order valence-corrected chi connectivity index (χ4v) is 2.41. The van der Waals surface area contributed by atoms with Crippen LogP contribution in [0.15, 0.2) is 60.8 Å². The van der Waals surface area contributed by atoms with Crippen molar-refractivity contribution in [2.24, 2.45) is 0 Å². The van der Waals surface area contributed by atoms with Gasteiger partial charge in [0.05, 0.1) is 5.52 Å². The van der Waals surface area contributed by atoms with E-state index in [0.717, 1.165) is 16.5 Å². The number of nitrogens with zero attached hydrogens (tertiary/aromatic N) is 1. The number of nitrogens with one attached hydrogen (secondary N) is 2. The Labute approximate surface area is 139 Å². The lowest BCUT2D eigenvalue weighted by Gasteiger charge is -2.07. The zero-order valence-corrected chi connectivity index (χ0v) is 13.2. The summed E-state index contributed by atoms with van der Waals surface area (Å²) in [5, 5.41) is 6.59. The Hall–Kier alpha value is -3.21. The number of benzene rings is 2. The smallest absolute Gasteiger partial charge is 0.251 e. The lowest BCUT2D eigenvalue weighted by molar-refractivity contribution is -0.114. The molecule has 1 aromatic heterocycles. The number of pyridine rings is 1. The summed E-state index contributed by atoms with van der Waals surface area (Å²) in [7, 11) is 0. The fourth-order valence-electron chi connectivity index (χ4n) is 2.41. The first-order chi connectivity index (χ1) is 11.6. The van der Waals surface area contributed by atoms with Crippen molar-refractivity contribution < 1.29 is 9.59 Å². The lowest BCUT2D eigenvalue weighted by atomic mass is 10.1. The number of hydrogen-bond acceptors (Lipinski definition) is 3. The topological polar surface area (TPSA) is 71.1 Å². The highest BCUT2D eigenvalue weighted by molar-refractivity contribution is 5.95. The Morgan fingerprint density at radius 3 is 2.54 bits per heavy atom. The van der Waals surface area contributed by atoms with Gasteiger partial charge >= 0.3 is 0 Å². The molecule has 0 aliphatic carbocycles. The van der Waals surface area contributed by atoms with Crippen molar-refractivity contribution in [1.29, 1.82) is 0 Å². The molecule has 120 valence electrons. The molecule has 0 spiro atoms. The highest BCUT2D eigenvalue weighted by Gasteiger charge is 2.06. The third-order valence-corrected chi connectivity index (χ3v) is 3.57. The first-order valence-electron chi connectivity index (χ1n) is 7.61. The monoisotopic (exact) mass is 319 g/mol. The van der Waals surface area contributed by atoms with Crippen LogP contribution in [0, 0.1) is 0 Å². The summed E-state index contributed by atoms with van der Waals surface area (Å²) < 4.78 is 0. The third-order valence-electron chi connectivity index (χ3n) is 3.57. The van der Waals surface area contributed by atoms with Gasteiger partial charge in [-0.05, 0) is 42.0 Å². The molecule has 0 radical (unpaired) electrons. The van der Waals surface area contributed by atoms with Crippen LogP contribution in [0.25, 0.3) is 10.9 Å². The fraction of sp³-hybridized carbons (Fsp3) is 0.105. The molecular weight excluding hydrogens is 302 g/mol. The van der Waals surface area contributed by atoms with Crippen LogP contribution in [0.5, 0.6) is 0 Å². The van der Waals surface area contributed by atoms with E-state index in [1.807, 2.05) is 30.3 Å². The van der Waals surface area contributed by atoms with Crippen LogP contribution >= 0.6 is 0 Å². The average molecular weight is 319 g/mol. The van der Waals surface area contributed by atoms with Gasteiger partial charge in [-0.15, -0.1) is 0 Å². The Morgan fingerprint density at radius 2 is 1.79 bits per heavy atom. The number of para-hydroxylation sites is 1. The molecule has 24 heavy (non-hydrogen) atoms. The number of carbonyl (C=O) groups excluding carboxylic acids is 2. The third kappa shape index (κ3) is 3.76. The number of rotatable bonds is 4. The van der Waals surface area contributed by atoms with Gasteiger partial charge in [-0.25, -0.2) is 0 Å². The van der Waals surface area contributed by atoms with E-state index in [0.29, 0.717) is 17.8 Å². The minimum atomic E-state index is -0.169. The van der Waals surface area contributed by atoms with Gasteiger partial charge in [-0.3, -0.25) is 14.6 Å². The maximum absolute atomic E-state index is 12.2. The lowest BCUT2D eigenvalue weighted by Crippen LogP contribution is -2.22. The summed E-state index contributed by atoms with van der Waals surface area (Å²) in [5.41, 5.74) is 3.08. The minimum Gasteiger partial charge on any atom is -0.348 e. The van der Waals surface area contributed by atoms with E-state index < -0.39 is 0 Å². The van der Waals surface area contributed by atoms with Crippen molar-refractivity contribution in [2.45, 2.75) is 13.5 Å². The maximum Gasteiger partial charge on any atom is 0.251 e. The molecule has 0 saturated heterocycles. The molecule has 2 N–H and O–H groups in total. The van der Waals surface area contributed by atoms with E-state index >= 15 is 0 Å². The Bertz CT molecular complexity index is 889. The zero-order valence-electron chi connectivity index (χ0n) is 13.2. The molecule has 0 atom stereocenters. The molecule has 0 aliphatic heterocycles. The molecule has 2 amide bonds. The molecule has 0 bridgehead atoms.